The molecule has 0 saturated carbocycles. The topological polar surface area (TPSA) is 29.5 Å². The molecule has 0 amide bonds. The number of ether oxygens (including phenoxy) is 1. The predicted octanol–water partition coefficient (Wildman–Crippen LogP) is 4.86. The van der Waals surface area contributed by atoms with Crippen molar-refractivity contribution in [2.45, 2.75) is 19.3 Å². The fourth-order valence-corrected chi connectivity index (χ4v) is 3.76. The number of aromatic hydroxyl groups is 1. The Bertz CT molecular complexity index is 907. The van der Waals surface area contributed by atoms with Gasteiger partial charge < -0.3 is 9.84 Å². The van der Waals surface area contributed by atoms with Gasteiger partial charge in [-0.05, 0) is 34.4 Å². The lowest BCUT2D eigenvalue weighted by atomic mass is 9.82. The molecule has 1 aliphatic rings. The largest absolute Gasteiger partial charge is 0.507 e. The maximum atomic E-state index is 10.5. The van der Waals surface area contributed by atoms with Crippen molar-refractivity contribution in [3.05, 3.63) is 59.7 Å². The van der Waals surface area contributed by atoms with Crippen molar-refractivity contribution < 1.29 is 9.84 Å². The highest BCUT2D eigenvalue weighted by Crippen LogP contribution is 2.54. The summed E-state index contributed by atoms with van der Waals surface area (Å²) in [5, 5.41) is 12.3. The summed E-state index contributed by atoms with van der Waals surface area (Å²) in [5.74, 6) is 1.12. The lowest BCUT2D eigenvalue weighted by Crippen LogP contribution is -2.14. The van der Waals surface area contributed by atoms with E-state index in [1.54, 1.807) is 7.11 Å². The summed E-state index contributed by atoms with van der Waals surface area (Å²) in [6, 6.07) is 16.2. The van der Waals surface area contributed by atoms with E-state index in [-0.39, 0.29) is 5.41 Å². The van der Waals surface area contributed by atoms with Crippen molar-refractivity contribution in [2.75, 3.05) is 7.11 Å². The van der Waals surface area contributed by atoms with E-state index in [0.717, 1.165) is 22.1 Å². The molecule has 0 aromatic heterocycles. The second-order valence-electron chi connectivity index (χ2n) is 6.37. The van der Waals surface area contributed by atoms with E-state index >= 15 is 0 Å². The third-order valence-electron chi connectivity index (χ3n) is 4.87. The van der Waals surface area contributed by atoms with Crippen LogP contribution in [0.3, 0.4) is 0 Å². The van der Waals surface area contributed by atoms with Gasteiger partial charge in [0.2, 0.25) is 0 Å². The number of phenolic OH excluding ortho intramolecular Hbond substituents is 1. The van der Waals surface area contributed by atoms with Crippen LogP contribution in [0.1, 0.15) is 25.0 Å². The summed E-state index contributed by atoms with van der Waals surface area (Å²) in [5.41, 5.74) is 4.74. The Morgan fingerprint density at radius 2 is 1.73 bits per heavy atom. The Morgan fingerprint density at radius 1 is 0.955 bits per heavy atom. The smallest absolute Gasteiger partial charge is 0.127 e. The first-order chi connectivity index (χ1) is 10.6. The monoisotopic (exact) mass is 290 g/mol. The van der Waals surface area contributed by atoms with Gasteiger partial charge in [0.15, 0.2) is 0 Å². The fourth-order valence-electron chi connectivity index (χ4n) is 3.76. The van der Waals surface area contributed by atoms with Crippen molar-refractivity contribution in [2.24, 2.45) is 0 Å². The van der Waals surface area contributed by atoms with Gasteiger partial charge >= 0.3 is 0 Å². The normalized spacial score (nSPS) is 14.7. The van der Waals surface area contributed by atoms with Gasteiger partial charge in [-0.2, -0.15) is 0 Å². The molecule has 0 unspecified atom stereocenters. The summed E-state index contributed by atoms with van der Waals surface area (Å²) < 4.78 is 5.58. The molecular formula is C20H18O2. The second kappa shape index (κ2) is 4.26. The number of hydrogen-bond acceptors (Lipinski definition) is 2. The van der Waals surface area contributed by atoms with Crippen LogP contribution >= 0.6 is 0 Å². The van der Waals surface area contributed by atoms with Crippen molar-refractivity contribution in [1.82, 2.24) is 0 Å². The van der Waals surface area contributed by atoms with E-state index in [1.165, 1.54) is 16.7 Å². The zero-order valence-electron chi connectivity index (χ0n) is 13.0. The summed E-state index contributed by atoms with van der Waals surface area (Å²) >= 11 is 0. The van der Waals surface area contributed by atoms with Gasteiger partial charge in [0.1, 0.15) is 11.5 Å². The summed E-state index contributed by atoms with van der Waals surface area (Å²) in [4.78, 5) is 0. The number of phenols is 1. The molecule has 0 saturated heterocycles. The van der Waals surface area contributed by atoms with Gasteiger partial charge in [0.25, 0.3) is 0 Å². The second-order valence-corrected chi connectivity index (χ2v) is 6.37. The van der Waals surface area contributed by atoms with Crippen LogP contribution in [-0.2, 0) is 5.41 Å². The molecule has 2 nitrogen and oxygen atoms in total. The molecule has 3 aromatic carbocycles. The number of methoxy groups -OCH3 is 1. The molecule has 0 spiro atoms. The summed E-state index contributed by atoms with van der Waals surface area (Å²) in [6.07, 6.45) is 0. The first-order valence-corrected chi connectivity index (χ1v) is 7.48. The van der Waals surface area contributed by atoms with E-state index in [4.69, 9.17) is 4.74 Å². The van der Waals surface area contributed by atoms with E-state index in [2.05, 4.69) is 38.1 Å². The molecule has 0 radical (unpaired) electrons. The van der Waals surface area contributed by atoms with Crippen LogP contribution in [0.5, 0.6) is 11.5 Å². The van der Waals surface area contributed by atoms with Gasteiger partial charge in [-0.1, -0.05) is 50.2 Å². The minimum absolute atomic E-state index is 0.127. The van der Waals surface area contributed by atoms with E-state index in [9.17, 15) is 5.11 Å². The maximum Gasteiger partial charge on any atom is 0.127 e. The minimum atomic E-state index is -0.127. The quantitative estimate of drug-likeness (QED) is 0.693. The third-order valence-corrected chi connectivity index (χ3v) is 4.87. The number of hydrogen-bond donors (Lipinski definition) is 1. The molecule has 0 heterocycles. The zero-order chi connectivity index (χ0) is 15.5. The highest BCUT2D eigenvalue weighted by atomic mass is 16.5. The average Bonchev–Trinajstić information content (AvgIpc) is 2.75. The first-order valence-electron chi connectivity index (χ1n) is 7.48. The minimum Gasteiger partial charge on any atom is -0.507 e. The number of fused-ring (bicyclic) bond motifs is 5. The molecular weight excluding hydrogens is 272 g/mol. The molecule has 2 heteroatoms. The molecule has 0 atom stereocenters. The van der Waals surface area contributed by atoms with Crippen LogP contribution in [0.4, 0.5) is 0 Å². The average molecular weight is 290 g/mol. The molecule has 1 N–H and O–H groups in total. The fraction of sp³-hybridized carbons (Fsp3) is 0.200. The zero-order valence-corrected chi connectivity index (χ0v) is 13.0. The molecule has 110 valence electrons. The Balaban J connectivity index is 2.26. The summed E-state index contributed by atoms with van der Waals surface area (Å²) in [7, 11) is 1.68. The van der Waals surface area contributed by atoms with Gasteiger partial charge in [0.05, 0.1) is 7.11 Å². The molecule has 1 aliphatic carbocycles. The molecule has 0 bridgehead atoms. The van der Waals surface area contributed by atoms with Crippen LogP contribution in [0.25, 0.3) is 21.9 Å². The molecule has 0 fully saturated rings. The Hall–Kier alpha value is -2.48. The standard InChI is InChI=1S/C20H18O2/c1-20(2)14-9-5-4-7-12(14)18-15(20)11-16(21)13-8-6-10-17(22-3)19(13)18/h4-11,21H,1-3H3. The van der Waals surface area contributed by atoms with Gasteiger partial charge in [0, 0.05) is 16.2 Å². The Morgan fingerprint density at radius 3 is 2.50 bits per heavy atom. The molecule has 22 heavy (non-hydrogen) atoms. The van der Waals surface area contributed by atoms with Crippen molar-refractivity contribution in [3.63, 3.8) is 0 Å². The van der Waals surface area contributed by atoms with Gasteiger partial charge in [-0.3, -0.25) is 0 Å². The predicted molar refractivity (Wildman–Crippen MR) is 89.7 cm³/mol. The van der Waals surface area contributed by atoms with Crippen LogP contribution in [0.2, 0.25) is 0 Å². The number of benzene rings is 3. The molecule has 0 aliphatic heterocycles. The van der Waals surface area contributed by atoms with E-state index in [0.29, 0.717) is 5.75 Å². The lowest BCUT2D eigenvalue weighted by molar-refractivity contribution is 0.419. The SMILES string of the molecule is COc1cccc2c(O)cc3c(c12)-c1ccccc1C3(C)C. The van der Waals surface area contributed by atoms with Crippen LogP contribution in [-0.4, -0.2) is 12.2 Å². The van der Waals surface area contributed by atoms with Crippen molar-refractivity contribution in [1.29, 1.82) is 0 Å². The Labute approximate surface area is 130 Å². The van der Waals surface area contributed by atoms with Crippen LogP contribution in [0, 0.1) is 0 Å². The van der Waals surface area contributed by atoms with Crippen LogP contribution < -0.4 is 4.74 Å². The highest BCUT2D eigenvalue weighted by molar-refractivity contribution is 6.08. The first kappa shape index (κ1) is 13.2. The van der Waals surface area contributed by atoms with Crippen LogP contribution in [0.15, 0.2) is 48.5 Å². The van der Waals surface area contributed by atoms with E-state index < -0.39 is 0 Å². The highest BCUT2D eigenvalue weighted by Gasteiger charge is 2.37. The van der Waals surface area contributed by atoms with Crippen molar-refractivity contribution in [3.8, 4) is 22.6 Å². The van der Waals surface area contributed by atoms with Crippen molar-refractivity contribution >= 4 is 10.8 Å². The number of rotatable bonds is 1. The maximum absolute atomic E-state index is 10.5. The summed E-state index contributed by atoms with van der Waals surface area (Å²) in [6.45, 7) is 4.41. The molecule has 3 aromatic rings. The van der Waals surface area contributed by atoms with Gasteiger partial charge in [-0.25, -0.2) is 0 Å². The third kappa shape index (κ3) is 1.50. The Kier molecular flexibility index (Phi) is 2.56. The lowest BCUT2D eigenvalue weighted by Gasteiger charge is -2.22. The van der Waals surface area contributed by atoms with E-state index in [1.807, 2.05) is 24.3 Å². The van der Waals surface area contributed by atoms with Gasteiger partial charge in [-0.15, -0.1) is 0 Å². The molecule has 4 rings (SSSR count).